The number of fused-ring (bicyclic) bond motifs is 1. The number of pyridine rings is 1. The molecular weight excluding hydrogens is 330 g/mol. The molecule has 9 nitrogen and oxygen atoms in total. The standard InChI is InChI=1S/C14H11N7O2S/c22-21(23)13-12(17-14-20(13)7-8-24-14)16-11-4-6-19(18-11)9-10-3-1-2-5-15-10/h1-8H,9H2,(H,16,18). The van der Waals surface area contributed by atoms with Gasteiger partial charge in [-0.05, 0) is 17.1 Å². The molecule has 0 fully saturated rings. The fraction of sp³-hybridized carbons (Fsp3) is 0.0714. The number of hydrogen-bond acceptors (Lipinski definition) is 7. The SMILES string of the molecule is O=[N+]([O-])c1c(Nc2ccn(Cc3ccccn3)n2)nc2sccn12. The first-order valence-electron chi connectivity index (χ1n) is 7.01. The molecule has 0 aromatic carbocycles. The number of nitro groups is 1. The average molecular weight is 341 g/mol. The van der Waals surface area contributed by atoms with E-state index in [4.69, 9.17) is 0 Å². The van der Waals surface area contributed by atoms with Crippen LogP contribution in [0.15, 0.2) is 48.2 Å². The Hall–Kier alpha value is -3.27. The van der Waals surface area contributed by atoms with Crippen LogP contribution in [0.3, 0.4) is 0 Å². The largest absolute Gasteiger partial charge is 0.373 e. The maximum atomic E-state index is 11.3. The first kappa shape index (κ1) is 14.3. The highest BCUT2D eigenvalue weighted by Gasteiger charge is 2.24. The Labute approximate surface area is 139 Å². The number of nitrogens with one attached hydrogen (secondary N) is 1. The minimum Gasteiger partial charge on any atom is -0.358 e. The van der Waals surface area contributed by atoms with Gasteiger partial charge in [-0.15, -0.1) is 0 Å². The predicted octanol–water partition coefficient (Wildman–Crippen LogP) is 2.69. The van der Waals surface area contributed by atoms with E-state index in [2.05, 4.69) is 20.4 Å². The Morgan fingerprint density at radius 1 is 1.29 bits per heavy atom. The lowest BCUT2D eigenvalue weighted by Gasteiger charge is -2.01. The second-order valence-corrected chi connectivity index (χ2v) is 5.81. The van der Waals surface area contributed by atoms with Crippen LogP contribution < -0.4 is 5.32 Å². The van der Waals surface area contributed by atoms with Crippen molar-refractivity contribution in [3.05, 3.63) is 64.0 Å². The molecule has 0 bridgehead atoms. The molecule has 0 spiro atoms. The topological polar surface area (TPSA) is 103 Å². The third-order valence-corrected chi connectivity index (χ3v) is 4.10. The van der Waals surface area contributed by atoms with E-state index in [-0.39, 0.29) is 11.6 Å². The van der Waals surface area contributed by atoms with Crippen LogP contribution in [0.25, 0.3) is 4.96 Å². The van der Waals surface area contributed by atoms with Crippen LogP contribution in [0.4, 0.5) is 17.5 Å². The number of hydrogen-bond donors (Lipinski definition) is 1. The van der Waals surface area contributed by atoms with Crippen molar-refractivity contribution >= 4 is 33.8 Å². The molecule has 120 valence electrons. The van der Waals surface area contributed by atoms with E-state index in [1.54, 1.807) is 34.7 Å². The van der Waals surface area contributed by atoms with Crippen molar-refractivity contribution in [3.63, 3.8) is 0 Å². The molecule has 0 aliphatic carbocycles. The second-order valence-electron chi connectivity index (χ2n) is 4.94. The van der Waals surface area contributed by atoms with Gasteiger partial charge in [0, 0.05) is 23.8 Å². The summed E-state index contributed by atoms with van der Waals surface area (Å²) in [6.45, 7) is 0.517. The highest BCUT2D eigenvalue weighted by molar-refractivity contribution is 7.15. The summed E-state index contributed by atoms with van der Waals surface area (Å²) < 4.78 is 3.15. The minimum atomic E-state index is -0.458. The van der Waals surface area contributed by atoms with E-state index >= 15 is 0 Å². The number of anilines is 2. The smallest absolute Gasteiger partial charge is 0.358 e. The summed E-state index contributed by atoms with van der Waals surface area (Å²) in [5.74, 6) is 0.556. The molecule has 4 aromatic heterocycles. The van der Waals surface area contributed by atoms with Gasteiger partial charge in [-0.25, -0.2) is 0 Å². The van der Waals surface area contributed by atoms with E-state index < -0.39 is 4.92 Å². The lowest BCUT2D eigenvalue weighted by molar-refractivity contribution is -0.389. The van der Waals surface area contributed by atoms with Crippen molar-refractivity contribution in [2.24, 2.45) is 0 Å². The van der Waals surface area contributed by atoms with Gasteiger partial charge in [0.1, 0.15) is 6.20 Å². The van der Waals surface area contributed by atoms with Crippen LogP contribution in [0.5, 0.6) is 0 Å². The second kappa shape index (κ2) is 5.74. The van der Waals surface area contributed by atoms with E-state index in [1.807, 2.05) is 18.2 Å². The van der Waals surface area contributed by atoms with Gasteiger partial charge >= 0.3 is 5.82 Å². The number of rotatable bonds is 5. The number of imidazole rings is 1. The predicted molar refractivity (Wildman–Crippen MR) is 88.6 cm³/mol. The highest BCUT2D eigenvalue weighted by Crippen LogP contribution is 2.29. The molecule has 4 heterocycles. The van der Waals surface area contributed by atoms with Crippen LogP contribution in [0, 0.1) is 10.1 Å². The molecule has 1 N–H and O–H groups in total. The normalized spacial score (nSPS) is 11.0. The lowest BCUT2D eigenvalue weighted by Crippen LogP contribution is -2.03. The Bertz CT molecular complexity index is 1000. The van der Waals surface area contributed by atoms with E-state index in [0.29, 0.717) is 17.3 Å². The fourth-order valence-electron chi connectivity index (χ4n) is 2.33. The summed E-state index contributed by atoms with van der Waals surface area (Å²) in [6, 6.07) is 7.40. The Balaban J connectivity index is 1.59. The van der Waals surface area contributed by atoms with Gasteiger partial charge in [0.2, 0.25) is 5.82 Å². The van der Waals surface area contributed by atoms with Gasteiger partial charge in [0.05, 0.1) is 12.2 Å². The lowest BCUT2D eigenvalue weighted by atomic mass is 10.3. The zero-order valence-corrected chi connectivity index (χ0v) is 13.1. The third-order valence-electron chi connectivity index (χ3n) is 3.35. The van der Waals surface area contributed by atoms with Crippen LogP contribution in [0.1, 0.15) is 5.69 Å². The molecule has 10 heteroatoms. The Morgan fingerprint density at radius 2 is 2.21 bits per heavy atom. The van der Waals surface area contributed by atoms with Crippen molar-refractivity contribution in [2.75, 3.05) is 5.32 Å². The number of aromatic nitrogens is 5. The average Bonchev–Trinajstić information content (AvgIpc) is 3.24. The van der Waals surface area contributed by atoms with Crippen LogP contribution in [-0.4, -0.2) is 29.1 Å². The number of thiazole rings is 1. The maximum absolute atomic E-state index is 11.3. The van der Waals surface area contributed by atoms with Gasteiger partial charge in [0.15, 0.2) is 5.82 Å². The first-order valence-corrected chi connectivity index (χ1v) is 7.89. The highest BCUT2D eigenvalue weighted by atomic mass is 32.1. The van der Waals surface area contributed by atoms with Gasteiger partial charge in [-0.3, -0.25) is 9.67 Å². The van der Waals surface area contributed by atoms with Gasteiger partial charge in [-0.1, -0.05) is 17.4 Å². The molecule has 24 heavy (non-hydrogen) atoms. The number of nitrogens with zero attached hydrogens (tertiary/aromatic N) is 6. The molecular formula is C14H11N7O2S. The molecule has 0 radical (unpaired) electrons. The van der Waals surface area contributed by atoms with Gasteiger partial charge in [-0.2, -0.15) is 14.5 Å². The Kier molecular flexibility index (Phi) is 3.43. The molecule has 0 atom stereocenters. The first-order chi connectivity index (χ1) is 11.7. The van der Waals surface area contributed by atoms with Crippen LogP contribution >= 0.6 is 11.3 Å². The molecule has 0 aliphatic rings. The van der Waals surface area contributed by atoms with Gasteiger partial charge in [0.25, 0.3) is 4.96 Å². The van der Waals surface area contributed by atoms with Crippen molar-refractivity contribution in [1.82, 2.24) is 24.1 Å². The zero-order chi connectivity index (χ0) is 16.5. The Morgan fingerprint density at radius 3 is 3.00 bits per heavy atom. The molecule has 0 saturated carbocycles. The molecule has 0 amide bonds. The van der Waals surface area contributed by atoms with Crippen molar-refractivity contribution < 1.29 is 4.92 Å². The summed E-state index contributed by atoms with van der Waals surface area (Å²) in [5.41, 5.74) is 0.876. The maximum Gasteiger partial charge on any atom is 0.373 e. The van der Waals surface area contributed by atoms with Crippen molar-refractivity contribution in [3.8, 4) is 0 Å². The van der Waals surface area contributed by atoms with Crippen molar-refractivity contribution in [1.29, 1.82) is 0 Å². The quantitative estimate of drug-likeness (QED) is 0.442. The van der Waals surface area contributed by atoms with Gasteiger partial charge < -0.3 is 15.4 Å². The molecule has 0 saturated heterocycles. The summed E-state index contributed by atoms with van der Waals surface area (Å²) in [7, 11) is 0. The van der Waals surface area contributed by atoms with Crippen LogP contribution in [0.2, 0.25) is 0 Å². The summed E-state index contributed by atoms with van der Waals surface area (Å²) in [5, 5.41) is 20.3. The minimum absolute atomic E-state index is 0.106. The molecule has 4 rings (SSSR count). The van der Waals surface area contributed by atoms with E-state index in [9.17, 15) is 10.1 Å². The third kappa shape index (κ3) is 2.58. The van der Waals surface area contributed by atoms with Crippen LogP contribution in [-0.2, 0) is 6.54 Å². The molecule has 0 unspecified atom stereocenters. The fourth-order valence-corrected chi connectivity index (χ4v) is 3.04. The monoisotopic (exact) mass is 341 g/mol. The van der Waals surface area contributed by atoms with E-state index in [0.717, 1.165) is 5.69 Å². The molecule has 0 aliphatic heterocycles. The summed E-state index contributed by atoms with van der Waals surface area (Å²) in [4.78, 5) is 19.9. The van der Waals surface area contributed by atoms with Crippen molar-refractivity contribution in [2.45, 2.75) is 6.54 Å². The summed E-state index contributed by atoms with van der Waals surface area (Å²) >= 11 is 1.33. The zero-order valence-electron chi connectivity index (χ0n) is 12.2. The summed E-state index contributed by atoms with van der Waals surface area (Å²) in [6.07, 6.45) is 5.12. The molecule has 4 aromatic rings. The van der Waals surface area contributed by atoms with E-state index in [1.165, 1.54) is 15.7 Å².